The van der Waals surface area contributed by atoms with Gasteiger partial charge in [0, 0.05) is 45.2 Å². The van der Waals surface area contributed by atoms with Crippen LogP contribution in [-0.2, 0) is 11.2 Å². The third-order valence-corrected chi connectivity index (χ3v) is 6.84. The second-order valence-electron chi connectivity index (χ2n) is 8.85. The molecule has 1 aliphatic heterocycles. The van der Waals surface area contributed by atoms with Crippen LogP contribution in [0, 0.1) is 11.8 Å². The van der Waals surface area contributed by atoms with Crippen molar-refractivity contribution in [3.8, 4) is 0 Å². The van der Waals surface area contributed by atoms with Crippen molar-refractivity contribution >= 4 is 11.9 Å². The fourth-order valence-electron chi connectivity index (χ4n) is 5.17. The molecule has 2 bridgehead atoms. The molecule has 7 heteroatoms. The molecule has 3 atom stereocenters. The number of hydrogen-bond acceptors (Lipinski definition) is 4. The highest BCUT2D eigenvalue weighted by molar-refractivity contribution is 5.80. The van der Waals surface area contributed by atoms with Crippen LogP contribution in [0.5, 0.6) is 0 Å². The summed E-state index contributed by atoms with van der Waals surface area (Å²) < 4.78 is 5.44. The van der Waals surface area contributed by atoms with Crippen molar-refractivity contribution in [2.24, 2.45) is 16.8 Å². The normalized spacial score (nSPS) is 27.9. The van der Waals surface area contributed by atoms with Crippen LogP contribution < -0.4 is 16.0 Å². The Morgan fingerprint density at radius 3 is 2.72 bits per heavy atom. The van der Waals surface area contributed by atoms with Gasteiger partial charge in [0.25, 0.3) is 0 Å². The predicted octanol–water partition coefficient (Wildman–Crippen LogP) is 1.76. The zero-order valence-corrected chi connectivity index (χ0v) is 17.5. The summed E-state index contributed by atoms with van der Waals surface area (Å²) in [7, 11) is 1.70. The molecule has 1 aromatic rings. The van der Waals surface area contributed by atoms with Gasteiger partial charge < -0.3 is 20.4 Å². The Morgan fingerprint density at radius 1 is 1.21 bits per heavy atom. The topological polar surface area (TPSA) is 81.9 Å². The number of fused-ring (bicyclic) bond motifs is 2. The van der Waals surface area contributed by atoms with Crippen molar-refractivity contribution in [2.45, 2.75) is 57.0 Å². The number of likely N-dealkylation sites (N-methyl/N-ethyl adjacent to an activating group) is 1. The molecule has 160 valence electrons. The average Bonchev–Trinajstić information content (AvgIpc) is 3.48. The molecule has 3 fully saturated rings. The number of amides is 1. The Balaban J connectivity index is 1.30. The van der Waals surface area contributed by atoms with E-state index >= 15 is 0 Å². The molecule has 2 saturated carbocycles. The molecule has 2 aliphatic carbocycles. The van der Waals surface area contributed by atoms with Crippen molar-refractivity contribution < 1.29 is 9.21 Å². The first-order chi connectivity index (χ1) is 14.2. The number of furan rings is 1. The molecule has 0 spiro atoms. The summed E-state index contributed by atoms with van der Waals surface area (Å²) in [5.74, 6) is 3.75. The first-order valence-electron chi connectivity index (χ1n) is 11.2. The predicted molar refractivity (Wildman–Crippen MR) is 114 cm³/mol. The van der Waals surface area contributed by atoms with E-state index in [1.165, 1.54) is 25.7 Å². The first-order valence-corrected chi connectivity index (χ1v) is 11.2. The summed E-state index contributed by atoms with van der Waals surface area (Å²) in [5, 5.41) is 10.2. The average molecular weight is 402 g/mol. The van der Waals surface area contributed by atoms with Crippen LogP contribution in [0.4, 0.5) is 0 Å². The second-order valence-corrected chi connectivity index (χ2v) is 8.85. The minimum Gasteiger partial charge on any atom is -0.469 e. The number of piperidine rings is 1. The molecule has 0 radical (unpaired) electrons. The summed E-state index contributed by atoms with van der Waals surface area (Å²) >= 11 is 0. The molecular weight excluding hydrogens is 366 g/mol. The molecule has 3 unspecified atom stereocenters. The van der Waals surface area contributed by atoms with E-state index in [-0.39, 0.29) is 5.91 Å². The van der Waals surface area contributed by atoms with Gasteiger partial charge in [-0.05, 0) is 56.1 Å². The highest BCUT2D eigenvalue weighted by atomic mass is 16.3. The van der Waals surface area contributed by atoms with E-state index in [0.29, 0.717) is 18.6 Å². The molecule has 7 nitrogen and oxygen atoms in total. The van der Waals surface area contributed by atoms with E-state index in [0.717, 1.165) is 62.5 Å². The number of carbonyl (C=O) groups is 1. The standard InChI is InChI=1S/C22H35N5O2/c1-23-21(28)15-27-10-7-18(8-11-27)25-22(24-9-6-19-3-2-12-29-19)26-20-14-16-4-5-17(20)13-16/h2-3,12,16-18,20H,4-11,13-15H2,1H3,(H,23,28)(H2,24,25,26). The number of hydrogen-bond donors (Lipinski definition) is 3. The van der Waals surface area contributed by atoms with E-state index in [1.807, 2.05) is 12.1 Å². The Morgan fingerprint density at radius 2 is 2.07 bits per heavy atom. The molecule has 0 aromatic carbocycles. The molecule has 29 heavy (non-hydrogen) atoms. The minimum atomic E-state index is 0.0922. The van der Waals surface area contributed by atoms with E-state index in [4.69, 9.17) is 9.41 Å². The van der Waals surface area contributed by atoms with Crippen molar-refractivity contribution in [2.75, 3.05) is 33.2 Å². The van der Waals surface area contributed by atoms with Gasteiger partial charge in [-0.1, -0.05) is 6.42 Å². The van der Waals surface area contributed by atoms with Gasteiger partial charge in [0.15, 0.2) is 5.96 Å². The van der Waals surface area contributed by atoms with Gasteiger partial charge in [-0.15, -0.1) is 0 Å². The lowest BCUT2D eigenvalue weighted by Gasteiger charge is -2.33. The Labute approximate surface area is 173 Å². The van der Waals surface area contributed by atoms with E-state index < -0.39 is 0 Å². The van der Waals surface area contributed by atoms with Gasteiger partial charge in [-0.2, -0.15) is 0 Å². The van der Waals surface area contributed by atoms with Crippen LogP contribution in [0.1, 0.15) is 44.3 Å². The SMILES string of the molecule is CNC(=O)CN1CCC(NC(=NCCc2ccco2)NC2CC3CCC2C3)CC1. The molecule has 3 aliphatic rings. The third kappa shape index (κ3) is 5.53. The summed E-state index contributed by atoms with van der Waals surface area (Å²) in [6.45, 7) is 3.10. The van der Waals surface area contributed by atoms with Crippen molar-refractivity contribution in [3.63, 3.8) is 0 Å². The maximum Gasteiger partial charge on any atom is 0.233 e. The van der Waals surface area contributed by atoms with Crippen molar-refractivity contribution in [1.82, 2.24) is 20.9 Å². The maximum atomic E-state index is 11.6. The number of nitrogens with one attached hydrogen (secondary N) is 3. The molecule has 1 saturated heterocycles. The number of nitrogens with zero attached hydrogens (tertiary/aromatic N) is 2. The zero-order chi connectivity index (χ0) is 20.1. The lowest BCUT2D eigenvalue weighted by molar-refractivity contribution is -0.122. The lowest BCUT2D eigenvalue weighted by Crippen LogP contribution is -2.52. The Bertz CT molecular complexity index is 681. The summed E-state index contributed by atoms with van der Waals surface area (Å²) in [5.41, 5.74) is 0. The molecule has 2 heterocycles. The summed E-state index contributed by atoms with van der Waals surface area (Å²) in [4.78, 5) is 18.7. The number of aliphatic imine (C=N–C) groups is 1. The van der Waals surface area contributed by atoms with Crippen LogP contribution in [0.2, 0.25) is 0 Å². The van der Waals surface area contributed by atoms with Gasteiger partial charge in [0.1, 0.15) is 5.76 Å². The van der Waals surface area contributed by atoms with Gasteiger partial charge in [-0.3, -0.25) is 14.7 Å². The fraction of sp³-hybridized carbons (Fsp3) is 0.727. The Kier molecular flexibility index (Phi) is 6.74. The zero-order valence-electron chi connectivity index (χ0n) is 17.5. The van der Waals surface area contributed by atoms with E-state index in [2.05, 4.69) is 20.9 Å². The summed E-state index contributed by atoms with van der Waals surface area (Å²) in [6.07, 6.45) is 10.0. The number of likely N-dealkylation sites (tertiary alicyclic amines) is 1. The monoisotopic (exact) mass is 401 g/mol. The highest BCUT2D eigenvalue weighted by Crippen LogP contribution is 2.44. The lowest BCUT2D eigenvalue weighted by atomic mass is 9.95. The minimum absolute atomic E-state index is 0.0922. The van der Waals surface area contributed by atoms with Crippen LogP contribution in [0.15, 0.2) is 27.8 Å². The molecule has 1 aromatic heterocycles. The van der Waals surface area contributed by atoms with Crippen molar-refractivity contribution in [3.05, 3.63) is 24.2 Å². The number of carbonyl (C=O) groups excluding carboxylic acids is 1. The second kappa shape index (κ2) is 9.65. The van der Waals surface area contributed by atoms with Gasteiger partial charge in [0.05, 0.1) is 12.8 Å². The fourth-order valence-corrected chi connectivity index (χ4v) is 5.17. The van der Waals surface area contributed by atoms with Crippen LogP contribution in [0.3, 0.4) is 0 Å². The molecule has 1 amide bonds. The van der Waals surface area contributed by atoms with Crippen LogP contribution in [0.25, 0.3) is 0 Å². The number of guanidine groups is 1. The van der Waals surface area contributed by atoms with Crippen LogP contribution in [-0.4, -0.2) is 62.1 Å². The number of rotatable bonds is 7. The molecular formula is C22H35N5O2. The largest absolute Gasteiger partial charge is 0.469 e. The van der Waals surface area contributed by atoms with Gasteiger partial charge >= 0.3 is 0 Å². The van der Waals surface area contributed by atoms with Gasteiger partial charge in [-0.25, -0.2) is 0 Å². The highest BCUT2D eigenvalue weighted by Gasteiger charge is 2.40. The molecule has 3 N–H and O–H groups in total. The van der Waals surface area contributed by atoms with Crippen molar-refractivity contribution in [1.29, 1.82) is 0 Å². The maximum absolute atomic E-state index is 11.6. The smallest absolute Gasteiger partial charge is 0.233 e. The van der Waals surface area contributed by atoms with Gasteiger partial charge in [0.2, 0.25) is 5.91 Å². The van der Waals surface area contributed by atoms with Crippen LogP contribution >= 0.6 is 0 Å². The molecule has 4 rings (SSSR count). The van der Waals surface area contributed by atoms with E-state index in [1.54, 1.807) is 13.3 Å². The first kappa shape index (κ1) is 20.3. The summed E-state index contributed by atoms with van der Waals surface area (Å²) in [6, 6.07) is 4.91. The quantitative estimate of drug-likeness (QED) is 0.479. The Hall–Kier alpha value is -2.02. The van der Waals surface area contributed by atoms with E-state index in [9.17, 15) is 4.79 Å². The third-order valence-electron chi connectivity index (χ3n) is 6.84.